The number of aromatic nitrogens is 1. The molecule has 0 fully saturated rings. The highest BCUT2D eigenvalue weighted by atomic mass is 32.1. The van der Waals surface area contributed by atoms with Crippen molar-refractivity contribution in [3.05, 3.63) is 29.3 Å². The Morgan fingerprint density at radius 2 is 1.96 bits per heavy atom. The maximum absolute atomic E-state index is 12.3. The zero-order valence-corrected chi connectivity index (χ0v) is 16.0. The van der Waals surface area contributed by atoms with Gasteiger partial charge in [-0.1, -0.05) is 6.92 Å². The highest BCUT2D eigenvalue weighted by molar-refractivity contribution is 7.13. The van der Waals surface area contributed by atoms with Crippen LogP contribution in [-0.2, 0) is 16.0 Å². The molecule has 1 heterocycles. The second-order valence-corrected chi connectivity index (χ2v) is 6.76. The lowest BCUT2D eigenvalue weighted by molar-refractivity contribution is -0.142. The van der Waals surface area contributed by atoms with E-state index < -0.39 is 11.9 Å². The first-order valence-corrected chi connectivity index (χ1v) is 8.87. The molecule has 0 radical (unpaired) electrons. The van der Waals surface area contributed by atoms with Crippen molar-refractivity contribution >= 4 is 23.2 Å². The number of likely N-dealkylation sites (N-methyl/N-ethyl adjacent to an activating group) is 1. The molecule has 2 rings (SSSR count). The van der Waals surface area contributed by atoms with E-state index in [0.717, 1.165) is 10.6 Å². The molecule has 1 unspecified atom stereocenters. The van der Waals surface area contributed by atoms with Gasteiger partial charge in [-0.2, -0.15) is 0 Å². The zero-order valence-electron chi connectivity index (χ0n) is 15.2. The molecule has 0 aliphatic carbocycles. The number of hydrogen-bond acceptors (Lipinski definition) is 6. The summed E-state index contributed by atoms with van der Waals surface area (Å²) in [4.78, 5) is 29.1. The standard InChI is InChI=1S/C18H22N2O5S/c1-11(18(22)23)9-20(2)16(21)8-13-10-26-17(19-13)12-5-6-14(24-3)15(7-12)25-4/h5-7,10-11H,8-9H2,1-4H3,(H,22,23). The molecule has 0 spiro atoms. The van der Waals surface area contributed by atoms with Gasteiger partial charge in [0, 0.05) is 24.5 Å². The van der Waals surface area contributed by atoms with E-state index in [1.54, 1.807) is 28.2 Å². The maximum Gasteiger partial charge on any atom is 0.308 e. The average molecular weight is 378 g/mol. The van der Waals surface area contributed by atoms with Gasteiger partial charge in [0.25, 0.3) is 0 Å². The summed E-state index contributed by atoms with van der Waals surface area (Å²) >= 11 is 1.44. The maximum atomic E-state index is 12.3. The number of thiazole rings is 1. The van der Waals surface area contributed by atoms with Gasteiger partial charge in [0.05, 0.1) is 32.3 Å². The molecule has 7 nitrogen and oxygen atoms in total. The minimum atomic E-state index is -0.922. The average Bonchev–Trinajstić information content (AvgIpc) is 3.09. The molecule has 0 saturated carbocycles. The third-order valence-corrected chi connectivity index (χ3v) is 4.85. The fraction of sp³-hybridized carbons (Fsp3) is 0.389. The molecule has 1 aromatic carbocycles. The van der Waals surface area contributed by atoms with Crippen LogP contribution in [-0.4, -0.2) is 54.7 Å². The molecule has 8 heteroatoms. The lowest BCUT2D eigenvalue weighted by atomic mass is 10.1. The van der Waals surface area contributed by atoms with E-state index in [0.29, 0.717) is 17.2 Å². The van der Waals surface area contributed by atoms with Crippen molar-refractivity contribution < 1.29 is 24.2 Å². The molecule has 2 aromatic rings. The van der Waals surface area contributed by atoms with Crippen LogP contribution in [0.4, 0.5) is 0 Å². The van der Waals surface area contributed by atoms with Crippen LogP contribution >= 0.6 is 11.3 Å². The van der Waals surface area contributed by atoms with Gasteiger partial charge in [0.15, 0.2) is 11.5 Å². The highest BCUT2D eigenvalue weighted by Gasteiger charge is 2.19. The summed E-state index contributed by atoms with van der Waals surface area (Å²) in [6.07, 6.45) is 0.132. The monoisotopic (exact) mass is 378 g/mol. The second kappa shape index (κ2) is 8.66. The third-order valence-electron chi connectivity index (χ3n) is 3.91. The Morgan fingerprint density at radius 3 is 2.58 bits per heavy atom. The summed E-state index contributed by atoms with van der Waals surface area (Å²) < 4.78 is 10.5. The number of hydrogen-bond donors (Lipinski definition) is 1. The van der Waals surface area contributed by atoms with Crippen LogP contribution in [0.1, 0.15) is 12.6 Å². The van der Waals surface area contributed by atoms with Crippen LogP contribution in [0.25, 0.3) is 10.6 Å². The number of benzene rings is 1. The van der Waals surface area contributed by atoms with Gasteiger partial charge in [-0.05, 0) is 18.2 Å². The Morgan fingerprint density at radius 1 is 1.27 bits per heavy atom. The molecule has 0 bridgehead atoms. The Kier molecular flexibility index (Phi) is 6.57. The molecule has 1 aromatic heterocycles. The van der Waals surface area contributed by atoms with Gasteiger partial charge in [0.1, 0.15) is 5.01 Å². The lowest BCUT2D eigenvalue weighted by Gasteiger charge is -2.18. The lowest BCUT2D eigenvalue weighted by Crippen LogP contribution is -2.34. The Hall–Kier alpha value is -2.61. The predicted molar refractivity (Wildman–Crippen MR) is 98.8 cm³/mol. The first-order valence-electron chi connectivity index (χ1n) is 7.99. The Bertz CT molecular complexity index is 790. The molecule has 0 aliphatic rings. The van der Waals surface area contributed by atoms with Crippen LogP contribution in [0.3, 0.4) is 0 Å². The number of amides is 1. The van der Waals surface area contributed by atoms with Crippen molar-refractivity contribution in [1.29, 1.82) is 0 Å². The SMILES string of the molecule is COc1ccc(-c2nc(CC(=O)N(C)CC(C)C(=O)O)cs2)cc1OC. The van der Waals surface area contributed by atoms with Gasteiger partial charge in [-0.3, -0.25) is 9.59 Å². The van der Waals surface area contributed by atoms with E-state index in [1.165, 1.54) is 16.2 Å². The minimum Gasteiger partial charge on any atom is -0.493 e. The van der Waals surface area contributed by atoms with Gasteiger partial charge in [0.2, 0.25) is 5.91 Å². The summed E-state index contributed by atoms with van der Waals surface area (Å²) in [5.74, 6) is -0.449. The predicted octanol–water partition coefficient (Wildman–Crippen LogP) is 2.55. The molecular weight excluding hydrogens is 356 g/mol. The quantitative estimate of drug-likeness (QED) is 0.759. The highest BCUT2D eigenvalue weighted by Crippen LogP contribution is 2.33. The van der Waals surface area contributed by atoms with E-state index >= 15 is 0 Å². The molecule has 140 valence electrons. The summed E-state index contributed by atoms with van der Waals surface area (Å²) in [7, 11) is 4.75. The van der Waals surface area contributed by atoms with Crippen molar-refractivity contribution in [3.63, 3.8) is 0 Å². The number of aliphatic carboxylic acids is 1. The minimum absolute atomic E-state index is 0.132. The van der Waals surface area contributed by atoms with E-state index in [9.17, 15) is 9.59 Å². The van der Waals surface area contributed by atoms with Gasteiger partial charge >= 0.3 is 5.97 Å². The molecule has 0 saturated heterocycles. The van der Waals surface area contributed by atoms with E-state index in [-0.39, 0.29) is 18.9 Å². The smallest absolute Gasteiger partial charge is 0.308 e. The molecule has 0 aliphatic heterocycles. The number of nitrogens with zero attached hydrogens (tertiary/aromatic N) is 2. The number of rotatable bonds is 8. The molecule has 1 atom stereocenters. The fourth-order valence-corrected chi connectivity index (χ4v) is 3.19. The topological polar surface area (TPSA) is 89.0 Å². The van der Waals surface area contributed by atoms with Crippen LogP contribution in [0.5, 0.6) is 11.5 Å². The van der Waals surface area contributed by atoms with E-state index in [1.807, 2.05) is 23.6 Å². The van der Waals surface area contributed by atoms with Crippen molar-refractivity contribution in [3.8, 4) is 22.1 Å². The number of carboxylic acid groups (broad SMARTS) is 1. The zero-order chi connectivity index (χ0) is 19.3. The number of ether oxygens (including phenoxy) is 2. The summed E-state index contributed by atoms with van der Waals surface area (Å²) in [6.45, 7) is 1.74. The number of carbonyl (C=O) groups is 2. The fourth-order valence-electron chi connectivity index (χ4n) is 2.37. The summed E-state index contributed by atoms with van der Waals surface area (Å²) in [5.41, 5.74) is 1.53. The summed E-state index contributed by atoms with van der Waals surface area (Å²) in [6, 6.07) is 5.53. The molecule has 26 heavy (non-hydrogen) atoms. The number of methoxy groups -OCH3 is 2. The van der Waals surface area contributed by atoms with Gasteiger partial charge in [-0.15, -0.1) is 11.3 Å². The van der Waals surface area contributed by atoms with Crippen LogP contribution in [0, 0.1) is 5.92 Å². The Balaban J connectivity index is 2.08. The molecule has 1 amide bonds. The number of carboxylic acids is 1. The third kappa shape index (κ3) is 4.72. The van der Waals surface area contributed by atoms with Crippen LogP contribution in [0.2, 0.25) is 0 Å². The largest absolute Gasteiger partial charge is 0.493 e. The second-order valence-electron chi connectivity index (χ2n) is 5.90. The molecule has 1 N–H and O–H groups in total. The van der Waals surface area contributed by atoms with Crippen molar-refractivity contribution in [2.24, 2.45) is 5.92 Å². The van der Waals surface area contributed by atoms with Crippen molar-refractivity contribution in [2.75, 3.05) is 27.8 Å². The van der Waals surface area contributed by atoms with Crippen LogP contribution < -0.4 is 9.47 Å². The number of carbonyl (C=O) groups excluding carboxylic acids is 1. The van der Waals surface area contributed by atoms with E-state index in [2.05, 4.69) is 4.98 Å². The normalized spacial score (nSPS) is 11.7. The first-order chi connectivity index (χ1) is 12.3. The van der Waals surface area contributed by atoms with E-state index in [4.69, 9.17) is 14.6 Å². The van der Waals surface area contributed by atoms with Gasteiger partial charge in [-0.25, -0.2) is 4.98 Å². The molecular formula is C18H22N2O5S. The Labute approximate surface area is 156 Å². The summed E-state index contributed by atoms with van der Waals surface area (Å²) in [5, 5.41) is 11.5. The van der Waals surface area contributed by atoms with Crippen LogP contribution in [0.15, 0.2) is 23.6 Å². The van der Waals surface area contributed by atoms with Crippen molar-refractivity contribution in [1.82, 2.24) is 9.88 Å². The first kappa shape index (κ1) is 19.7. The van der Waals surface area contributed by atoms with Gasteiger partial charge < -0.3 is 19.5 Å². The van der Waals surface area contributed by atoms with Crippen molar-refractivity contribution in [2.45, 2.75) is 13.3 Å².